The molecule has 0 aromatic rings. The molecule has 0 aromatic heterocycles. The third-order valence-corrected chi connectivity index (χ3v) is 1.58. The van der Waals surface area contributed by atoms with Crippen LogP contribution < -0.4 is 0 Å². The fourth-order valence-electron chi connectivity index (χ4n) is 0.831. The van der Waals surface area contributed by atoms with Crippen molar-refractivity contribution in [2.75, 3.05) is 26.2 Å². The smallest absolute Gasteiger partial charge is 0.165 e. The molecule has 0 spiro atoms. The predicted octanol–water partition coefficient (Wildman–Crippen LogP) is -0.979. The van der Waals surface area contributed by atoms with E-state index in [1.54, 1.807) is 12.1 Å². The van der Waals surface area contributed by atoms with Crippen molar-refractivity contribution < 1.29 is 10.1 Å². The average Bonchev–Trinajstić information content (AvgIpc) is 2.21. The molecule has 0 rings (SSSR count). The normalized spacial score (nSPS) is 8.62. The van der Waals surface area contributed by atoms with Gasteiger partial charge < -0.3 is 0 Å². The molecule has 0 aliphatic heterocycles. The zero-order chi connectivity index (χ0) is 12.6. The summed E-state index contributed by atoms with van der Waals surface area (Å²) in [6, 6.07) is 3.13. The number of hydrogen-bond acceptors (Lipinski definition) is 6. The third kappa shape index (κ3) is 4.57. The molecule has 0 saturated carbocycles. The first-order chi connectivity index (χ1) is 7.52. The highest BCUT2D eigenvalue weighted by Gasteiger charge is 2.19. The van der Waals surface area contributed by atoms with Gasteiger partial charge in [0.2, 0.25) is 0 Å². The number of nitro groups is 2. The molecular weight excluding hydrogens is 220 g/mol. The maximum atomic E-state index is 10.4. The predicted molar refractivity (Wildman–Crippen MR) is 48.4 cm³/mol. The molecule has 0 aliphatic rings. The zero-order valence-corrected chi connectivity index (χ0v) is 8.14. The van der Waals surface area contributed by atoms with Crippen molar-refractivity contribution >= 4 is 0 Å². The van der Waals surface area contributed by atoms with Crippen LogP contribution in [0.5, 0.6) is 0 Å². The maximum absolute atomic E-state index is 10.4. The van der Waals surface area contributed by atoms with Crippen molar-refractivity contribution in [3.63, 3.8) is 0 Å². The van der Waals surface area contributed by atoms with Crippen molar-refractivity contribution in [1.29, 1.82) is 10.5 Å². The molecule has 0 unspecified atom stereocenters. The van der Waals surface area contributed by atoms with E-state index in [9.17, 15) is 20.2 Å². The first-order valence-corrected chi connectivity index (χ1v) is 4.05. The van der Waals surface area contributed by atoms with Crippen LogP contribution in [-0.2, 0) is 0 Å². The summed E-state index contributed by atoms with van der Waals surface area (Å²) in [6.07, 6.45) is 0. The molecule has 10 heteroatoms. The second-order valence-electron chi connectivity index (χ2n) is 2.57. The van der Waals surface area contributed by atoms with Gasteiger partial charge in [0.05, 0.1) is 12.1 Å². The number of nitrogens with zero attached hydrogens (tertiary/aromatic N) is 6. The minimum Gasteiger partial charge on any atom is -0.235 e. The van der Waals surface area contributed by atoms with Gasteiger partial charge in [-0.1, -0.05) is 0 Å². The molecule has 0 radical (unpaired) electrons. The van der Waals surface area contributed by atoms with Crippen molar-refractivity contribution in [2.45, 2.75) is 0 Å². The summed E-state index contributed by atoms with van der Waals surface area (Å²) in [6.45, 7) is -1.54. The summed E-state index contributed by atoms with van der Waals surface area (Å²) in [5, 5.41) is 36.7. The largest absolute Gasteiger partial charge is 0.235 e. The Hall–Kier alpha value is -2.62. The quantitative estimate of drug-likeness (QED) is 0.307. The Bertz CT molecular complexity index is 310. The molecule has 0 aromatic carbocycles. The lowest BCUT2D eigenvalue weighted by Gasteiger charge is -2.13. The van der Waals surface area contributed by atoms with Crippen LogP contribution in [0, 0.1) is 42.9 Å². The molecule has 0 bridgehead atoms. The van der Waals surface area contributed by atoms with Gasteiger partial charge in [-0.3, -0.25) is 0 Å². The molecule has 86 valence electrons. The highest BCUT2D eigenvalue weighted by molar-refractivity contribution is 4.74. The summed E-state index contributed by atoms with van der Waals surface area (Å²) in [4.78, 5) is 20.7. The van der Waals surface area contributed by atoms with E-state index in [4.69, 9.17) is 10.5 Å². The molecule has 10 nitrogen and oxygen atoms in total. The molecule has 0 aliphatic carbocycles. The van der Waals surface area contributed by atoms with Crippen molar-refractivity contribution in [3.05, 3.63) is 20.2 Å². The minimum absolute atomic E-state index is 0.302. The van der Waals surface area contributed by atoms with E-state index in [-0.39, 0.29) is 13.1 Å². The second-order valence-corrected chi connectivity index (χ2v) is 2.57. The van der Waals surface area contributed by atoms with Crippen LogP contribution in [0.2, 0.25) is 0 Å². The Kier molecular flexibility index (Phi) is 5.67. The van der Waals surface area contributed by atoms with E-state index < -0.39 is 23.2 Å². The summed E-state index contributed by atoms with van der Waals surface area (Å²) in [7, 11) is 0. The Morgan fingerprint density at radius 1 is 0.938 bits per heavy atom. The van der Waals surface area contributed by atoms with Gasteiger partial charge in [-0.25, -0.2) is 20.2 Å². The van der Waals surface area contributed by atoms with E-state index in [1.165, 1.54) is 0 Å². The standard InChI is InChI=1S/C6H8N6O4/c7-1-3-9(11(13)14)5-6-10(4-2-8)12(15)16/h3-6H2. The van der Waals surface area contributed by atoms with Crippen LogP contribution in [0.25, 0.3) is 0 Å². The highest BCUT2D eigenvalue weighted by atomic mass is 16.7. The monoisotopic (exact) mass is 228 g/mol. The number of nitriles is 2. The van der Waals surface area contributed by atoms with Crippen LogP contribution >= 0.6 is 0 Å². The molecule has 0 N–H and O–H groups in total. The van der Waals surface area contributed by atoms with E-state index in [0.29, 0.717) is 10.0 Å². The van der Waals surface area contributed by atoms with Crippen LogP contribution in [0.1, 0.15) is 0 Å². The second kappa shape index (κ2) is 6.78. The molecule has 16 heavy (non-hydrogen) atoms. The Balaban J connectivity index is 4.27. The highest BCUT2D eigenvalue weighted by Crippen LogP contribution is 1.92. The lowest BCUT2D eigenvalue weighted by atomic mass is 10.5. The van der Waals surface area contributed by atoms with Crippen molar-refractivity contribution in [1.82, 2.24) is 10.0 Å². The Morgan fingerprint density at radius 3 is 1.44 bits per heavy atom. The Labute approximate surface area is 90.1 Å². The average molecular weight is 228 g/mol. The summed E-state index contributed by atoms with van der Waals surface area (Å²) < 4.78 is 0. The van der Waals surface area contributed by atoms with Crippen LogP contribution in [0.4, 0.5) is 0 Å². The van der Waals surface area contributed by atoms with Gasteiger partial charge in [0.15, 0.2) is 23.2 Å². The van der Waals surface area contributed by atoms with Gasteiger partial charge in [-0.05, 0) is 0 Å². The first kappa shape index (κ1) is 13.4. The first-order valence-electron chi connectivity index (χ1n) is 4.05. The lowest BCUT2D eigenvalue weighted by molar-refractivity contribution is -0.671. The summed E-state index contributed by atoms with van der Waals surface area (Å²) in [5.74, 6) is 0. The molecule has 0 atom stereocenters. The fourth-order valence-corrected chi connectivity index (χ4v) is 0.831. The zero-order valence-electron chi connectivity index (χ0n) is 8.14. The van der Waals surface area contributed by atoms with Gasteiger partial charge in [0.25, 0.3) is 0 Å². The number of hydrazine groups is 2. The third-order valence-electron chi connectivity index (χ3n) is 1.58. The molecule has 0 fully saturated rings. The van der Waals surface area contributed by atoms with E-state index >= 15 is 0 Å². The van der Waals surface area contributed by atoms with Crippen LogP contribution in [0.15, 0.2) is 0 Å². The minimum atomic E-state index is -0.812. The van der Waals surface area contributed by atoms with Gasteiger partial charge in [-0.2, -0.15) is 10.5 Å². The SMILES string of the molecule is N#CCN(CCN(CC#N)[N+](=O)[O-])[N+](=O)[O-]. The number of hydrogen-bond donors (Lipinski definition) is 0. The van der Waals surface area contributed by atoms with Gasteiger partial charge in [0.1, 0.15) is 13.1 Å². The molecule has 0 heterocycles. The van der Waals surface area contributed by atoms with E-state index in [1.807, 2.05) is 0 Å². The topological polar surface area (TPSA) is 140 Å². The van der Waals surface area contributed by atoms with Gasteiger partial charge in [-0.15, -0.1) is 10.0 Å². The van der Waals surface area contributed by atoms with Gasteiger partial charge >= 0.3 is 0 Å². The summed E-state index contributed by atoms with van der Waals surface area (Å²) >= 11 is 0. The molecular formula is C6H8N6O4. The lowest BCUT2D eigenvalue weighted by Crippen LogP contribution is -2.41. The van der Waals surface area contributed by atoms with Crippen molar-refractivity contribution in [3.8, 4) is 12.1 Å². The Morgan fingerprint density at radius 2 is 1.25 bits per heavy atom. The van der Waals surface area contributed by atoms with E-state index in [0.717, 1.165) is 0 Å². The van der Waals surface area contributed by atoms with Gasteiger partial charge in [0, 0.05) is 0 Å². The van der Waals surface area contributed by atoms with Crippen LogP contribution in [-0.4, -0.2) is 46.3 Å². The van der Waals surface area contributed by atoms with E-state index in [2.05, 4.69) is 0 Å². The van der Waals surface area contributed by atoms with Crippen LogP contribution in [0.3, 0.4) is 0 Å². The molecule has 0 amide bonds. The molecule has 0 saturated heterocycles. The van der Waals surface area contributed by atoms with Crippen molar-refractivity contribution in [2.24, 2.45) is 0 Å². The summed E-state index contributed by atoms with van der Waals surface area (Å²) in [5.41, 5.74) is 0. The maximum Gasteiger partial charge on any atom is 0.165 e. The number of rotatable bonds is 7. The fraction of sp³-hybridized carbons (Fsp3) is 0.667.